The van der Waals surface area contributed by atoms with E-state index >= 15 is 0 Å². The molecule has 0 aromatic heterocycles. The number of carbonyl (C=O) groups excluding carboxylic acids is 2. The summed E-state index contributed by atoms with van der Waals surface area (Å²) in [5, 5.41) is 1.57. The van der Waals surface area contributed by atoms with Crippen LogP contribution in [0.4, 0.5) is 15.8 Å². The van der Waals surface area contributed by atoms with E-state index in [9.17, 15) is 14.0 Å². The molecule has 0 N–H and O–H groups in total. The molecule has 3 aromatic carbocycles. The van der Waals surface area contributed by atoms with Gasteiger partial charge < -0.3 is 9.47 Å². The molecule has 33 heavy (non-hydrogen) atoms. The molecule has 2 heterocycles. The highest BCUT2D eigenvalue weighted by Crippen LogP contribution is 2.48. The van der Waals surface area contributed by atoms with E-state index in [4.69, 9.17) is 14.3 Å². The molecule has 0 unspecified atom stereocenters. The summed E-state index contributed by atoms with van der Waals surface area (Å²) < 4.78 is 24.3. The average molecular weight is 448 g/mol. The lowest BCUT2D eigenvalue weighted by molar-refractivity contribution is -0.126. The third-order valence-electron chi connectivity index (χ3n) is 5.97. The number of anilines is 2. The highest BCUT2D eigenvalue weighted by atomic mass is 19.1. The largest absolute Gasteiger partial charge is 0.497 e. The minimum absolute atomic E-state index is 0.315. The first-order chi connectivity index (χ1) is 16.0. The lowest BCUT2D eigenvalue weighted by Gasteiger charge is -2.29. The van der Waals surface area contributed by atoms with E-state index in [1.54, 1.807) is 35.4 Å². The fraction of sp³-hybridized carbons (Fsp3) is 0.200. The Hall–Kier alpha value is -3.91. The predicted molar refractivity (Wildman–Crippen MR) is 118 cm³/mol. The number of benzene rings is 3. The van der Waals surface area contributed by atoms with Crippen LogP contribution in [0.15, 0.2) is 72.8 Å². The van der Waals surface area contributed by atoms with E-state index in [0.29, 0.717) is 28.4 Å². The van der Waals surface area contributed by atoms with Gasteiger partial charge >= 0.3 is 0 Å². The number of amides is 2. The number of nitrogens with zero attached hydrogens (tertiary/aromatic N) is 2. The van der Waals surface area contributed by atoms with E-state index < -0.39 is 29.9 Å². The summed E-state index contributed by atoms with van der Waals surface area (Å²) in [7, 11) is 2.98. The Morgan fingerprint density at radius 2 is 1.61 bits per heavy atom. The van der Waals surface area contributed by atoms with Crippen LogP contribution in [-0.2, 0) is 14.4 Å². The second-order valence-corrected chi connectivity index (χ2v) is 7.76. The SMILES string of the molecule is COc1ccc(N2C(=O)[C@H]3[C@@H](c4ccc(F)cc4)N(c4ccccc4)O[C@H]3C2=O)c(OC)c1. The molecule has 2 aliphatic heterocycles. The highest BCUT2D eigenvalue weighted by Gasteiger charge is 2.60. The van der Waals surface area contributed by atoms with Crippen molar-refractivity contribution in [1.82, 2.24) is 0 Å². The number of imide groups is 1. The molecule has 7 nitrogen and oxygen atoms in total. The molecule has 3 atom stereocenters. The van der Waals surface area contributed by atoms with Gasteiger partial charge in [-0.15, -0.1) is 0 Å². The Bertz CT molecular complexity index is 1200. The number of hydroxylamine groups is 1. The number of methoxy groups -OCH3 is 2. The zero-order valence-electron chi connectivity index (χ0n) is 18.0. The number of rotatable bonds is 5. The molecule has 0 radical (unpaired) electrons. The fourth-order valence-electron chi connectivity index (χ4n) is 4.42. The molecule has 0 bridgehead atoms. The number of carbonyl (C=O) groups is 2. The standard InChI is InChI=1S/C25H21FN2O5/c1-31-18-12-13-19(20(14-18)32-2)27-24(29)21-22(15-8-10-16(26)11-9-15)28(33-23(21)25(27)30)17-6-4-3-5-7-17/h3-14,21-23H,1-2H3/t21-,22+,23+/m0/s1. The van der Waals surface area contributed by atoms with Gasteiger partial charge in [0.05, 0.1) is 31.6 Å². The Kier molecular flexibility index (Phi) is 5.22. The zero-order valence-corrected chi connectivity index (χ0v) is 18.0. The van der Waals surface area contributed by atoms with Crippen LogP contribution in [0.25, 0.3) is 0 Å². The summed E-state index contributed by atoms with van der Waals surface area (Å²) in [5.74, 6) is -1.26. The maximum Gasteiger partial charge on any atom is 0.266 e. The highest BCUT2D eigenvalue weighted by molar-refractivity contribution is 6.24. The van der Waals surface area contributed by atoms with E-state index in [-0.39, 0.29) is 5.82 Å². The molecule has 3 aromatic rings. The zero-order chi connectivity index (χ0) is 23.1. The van der Waals surface area contributed by atoms with Crippen LogP contribution >= 0.6 is 0 Å². The van der Waals surface area contributed by atoms with Crippen molar-refractivity contribution >= 4 is 23.2 Å². The minimum Gasteiger partial charge on any atom is -0.497 e. The van der Waals surface area contributed by atoms with Gasteiger partial charge in [0.2, 0.25) is 5.91 Å². The van der Waals surface area contributed by atoms with Crippen LogP contribution < -0.4 is 19.4 Å². The third-order valence-corrected chi connectivity index (χ3v) is 5.97. The summed E-state index contributed by atoms with van der Waals surface area (Å²) in [6.45, 7) is 0. The molecule has 5 rings (SSSR count). The van der Waals surface area contributed by atoms with E-state index in [0.717, 1.165) is 4.90 Å². The molecule has 2 saturated heterocycles. The van der Waals surface area contributed by atoms with Gasteiger partial charge in [-0.3, -0.25) is 14.4 Å². The van der Waals surface area contributed by atoms with Gasteiger partial charge in [-0.2, -0.15) is 0 Å². The number of para-hydroxylation sites is 1. The quantitative estimate of drug-likeness (QED) is 0.552. The maximum absolute atomic E-state index is 13.7. The fourth-order valence-corrected chi connectivity index (χ4v) is 4.42. The van der Waals surface area contributed by atoms with Crippen LogP contribution in [0, 0.1) is 11.7 Å². The summed E-state index contributed by atoms with van der Waals surface area (Å²) >= 11 is 0. The molecule has 2 amide bonds. The average Bonchev–Trinajstić information content (AvgIpc) is 3.35. The molecular weight excluding hydrogens is 427 g/mol. The Labute approximate surface area is 189 Å². The predicted octanol–water partition coefficient (Wildman–Crippen LogP) is 3.89. The summed E-state index contributed by atoms with van der Waals surface area (Å²) in [6, 6.07) is 19.3. The lowest BCUT2D eigenvalue weighted by Crippen LogP contribution is -2.37. The third kappa shape index (κ3) is 3.39. The first-order valence-corrected chi connectivity index (χ1v) is 10.4. The molecule has 8 heteroatoms. The van der Waals surface area contributed by atoms with Gasteiger partial charge in [-0.05, 0) is 42.0 Å². The van der Waals surface area contributed by atoms with Crippen molar-refractivity contribution in [2.24, 2.45) is 5.92 Å². The van der Waals surface area contributed by atoms with Crippen LogP contribution in [0.5, 0.6) is 11.5 Å². The van der Waals surface area contributed by atoms with Gasteiger partial charge in [0.15, 0.2) is 6.10 Å². The topological polar surface area (TPSA) is 68.3 Å². The van der Waals surface area contributed by atoms with Crippen molar-refractivity contribution in [3.63, 3.8) is 0 Å². The summed E-state index contributed by atoms with van der Waals surface area (Å²) in [6.07, 6.45) is -1.03. The smallest absolute Gasteiger partial charge is 0.266 e. The van der Waals surface area contributed by atoms with Crippen molar-refractivity contribution in [2.75, 3.05) is 24.2 Å². The first kappa shape index (κ1) is 21.0. The van der Waals surface area contributed by atoms with Crippen molar-refractivity contribution in [2.45, 2.75) is 12.1 Å². The summed E-state index contributed by atoms with van der Waals surface area (Å²) in [4.78, 5) is 34.3. The maximum atomic E-state index is 13.7. The van der Waals surface area contributed by atoms with Crippen LogP contribution in [0.1, 0.15) is 11.6 Å². The molecule has 0 saturated carbocycles. The molecule has 168 valence electrons. The van der Waals surface area contributed by atoms with Crippen molar-refractivity contribution in [1.29, 1.82) is 0 Å². The van der Waals surface area contributed by atoms with Gasteiger partial charge in [0.1, 0.15) is 23.2 Å². The Morgan fingerprint density at radius 3 is 2.27 bits per heavy atom. The van der Waals surface area contributed by atoms with Crippen LogP contribution in [0.2, 0.25) is 0 Å². The van der Waals surface area contributed by atoms with E-state index in [1.165, 1.54) is 26.4 Å². The summed E-state index contributed by atoms with van der Waals surface area (Å²) in [5.41, 5.74) is 1.67. The van der Waals surface area contributed by atoms with Crippen LogP contribution in [-0.4, -0.2) is 32.1 Å². The molecule has 0 spiro atoms. The Balaban J connectivity index is 1.58. The first-order valence-electron chi connectivity index (χ1n) is 10.4. The van der Waals surface area contributed by atoms with Gasteiger partial charge in [0, 0.05) is 6.07 Å². The molecule has 2 fully saturated rings. The molecule has 2 aliphatic rings. The lowest BCUT2D eigenvalue weighted by atomic mass is 9.90. The minimum atomic E-state index is -1.03. The second-order valence-electron chi connectivity index (χ2n) is 7.76. The van der Waals surface area contributed by atoms with E-state index in [1.807, 2.05) is 30.3 Å². The van der Waals surface area contributed by atoms with Gasteiger partial charge in [0.25, 0.3) is 5.91 Å². The number of halogens is 1. The monoisotopic (exact) mass is 448 g/mol. The number of fused-ring (bicyclic) bond motifs is 1. The van der Waals surface area contributed by atoms with Gasteiger partial charge in [-0.25, -0.2) is 14.4 Å². The number of hydrogen-bond acceptors (Lipinski definition) is 6. The van der Waals surface area contributed by atoms with Gasteiger partial charge in [-0.1, -0.05) is 30.3 Å². The molecule has 0 aliphatic carbocycles. The Morgan fingerprint density at radius 1 is 0.879 bits per heavy atom. The van der Waals surface area contributed by atoms with Crippen molar-refractivity contribution in [3.05, 3.63) is 84.2 Å². The normalized spacial score (nSPS) is 22.0. The number of hydrogen-bond donors (Lipinski definition) is 0. The van der Waals surface area contributed by atoms with E-state index in [2.05, 4.69) is 0 Å². The van der Waals surface area contributed by atoms with Crippen molar-refractivity contribution in [3.8, 4) is 11.5 Å². The van der Waals surface area contributed by atoms with Crippen LogP contribution in [0.3, 0.4) is 0 Å². The number of ether oxygens (including phenoxy) is 2. The second kappa shape index (κ2) is 8.22. The molecular formula is C25H21FN2O5. The van der Waals surface area contributed by atoms with Crippen molar-refractivity contribution < 1.29 is 28.3 Å².